The molecule has 1 aromatic heterocycles. The molecule has 11 heavy (non-hydrogen) atoms. The molecular formula is C7H9BrN2O. The molecule has 1 rings (SSSR count). The Morgan fingerprint density at radius 1 is 1.64 bits per heavy atom. The van der Waals surface area contributed by atoms with Crippen molar-refractivity contribution in [3.05, 3.63) is 33.2 Å². The topological polar surface area (TPSA) is 48.0 Å². The molecule has 0 aromatic carbocycles. The van der Waals surface area contributed by atoms with Gasteiger partial charge in [0.05, 0.1) is 4.47 Å². The third-order valence-electron chi connectivity index (χ3n) is 1.34. The number of nitrogens with zero attached hydrogens (tertiary/aromatic N) is 1. The van der Waals surface area contributed by atoms with Gasteiger partial charge in [-0.05, 0) is 28.1 Å². The summed E-state index contributed by atoms with van der Waals surface area (Å²) in [5.74, 6) is 0. The predicted molar refractivity (Wildman–Crippen MR) is 47.5 cm³/mol. The van der Waals surface area contributed by atoms with Crippen LogP contribution < -0.4 is 11.3 Å². The standard InChI is InChI=1S/C7H9BrN2O/c8-6-2-1-4-10(5-3-9)7(6)11/h1-2,4H,3,5,9H2. The number of aromatic nitrogens is 1. The first-order valence-electron chi connectivity index (χ1n) is 3.30. The van der Waals surface area contributed by atoms with E-state index in [-0.39, 0.29) is 5.56 Å². The van der Waals surface area contributed by atoms with Crippen molar-refractivity contribution in [3.8, 4) is 0 Å². The third kappa shape index (κ3) is 1.91. The van der Waals surface area contributed by atoms with E-state index in [9.17, 15) is 4.79 Å². The second kappa shape index (κ2) is 3.69. The van der Waals surface area contributed by atoms with Gasteiger partial charge in [0.25, 0.3) is 5.56 Å². The molecule has 0 bridgehead atoms. The first-order valence-corrected chi connectivity index (χ1v) is 4.10. The molecule has 0 aliphatic rings. The number of halogens is 1. The van der Waals surface area contributed by atoms with Crippen LogP contribution in [-0.2, 0) is 6.54 Å². The van der Waals surface area contributed by atoms with Crippen LogP contribution in [0.1, 0.15) is 0 Å². The first-order chi connectivity index (χ1) is 5.25. The lowest BCUT2D eigenvalue weighted by molar-refractivity contribution is 0.678. The molecule has 3 nitrogen and oxygen atoms in total. The second-order valence-corrected chi connectivity index (χ2v) is 3.00. The third-order valence-corrected chi connectivity index (χ3v) is 1.95. The normalized spacial score (nSPS) is 10.0. The van der Waals surface area contributed by atoms with Gasteiger partial charge in [-0.15, -0.1) is 0 Å². The molecule has 0 saturated carbocycles. The molecule has 0 spiro atoms. The zero-order valence-electron chi connectivity index (χ0n) is 5.96. The Morgan fingerprint density at radius 2 is 2.36 bits per heavy atom. The lowest BCUT2D eigenvalue weighted by atomic mass is 10.4. The number of pyridine rings is 1. The maximum atomic E-state index is 11.2. The average molecular weight is 217 g/mol. The van der Waals surface area contributed by atoms with Crippen molar-refractivity contribution >= 4 is 15.9 Å². The molecule has 60 valence electrons. The Labute approximate surface area is 73.0 Å². The smallest absolute Gasteiger partial charge is 0.264 e. The molecule has 0 unspecified atom stereocenters. The van der Waals surface area contributed by atoms with E-state index in [2.05, 4.69) is 15.9 Å². The van der Waals surface area contributed by atoms with Crippen LogP contribution in [0.2, 0.25) is 0 Å². The second-order valence-electron chi connectivity index (χ2n) is 2.14. The van der Waals surface area contributed by atoms with Gasteiger partial charge in [-0.3, -0.25) is 4.79 Å². The number of hydrogen-bond donors (Lipinski definition) is 1. The highest BCUT2D eigenvalue weighted by Crippen LogP contribution is 1.99. The van der Waals surface area contributed by atoms with Crippen LogP contribution in [-0.4, -0.2) is 11.1 Å². The van der Waals surface area contributed by atoms with Crippen molar-refractivity contribution in [2.75, 3.05) is 6.54 Å². The molecule has 2 N–H and O–H groups in total. The summed E-state index contributed by atoms with van der Waals surface area (Å²) < 4.78 is 2.15. The van der Waals surface area contributed by atoms with Crippen molar-refractivity contribution in [1.82, 2.24) is 4.57 Å². The summed E-state index contributed by atoms with van der Waals surface area (Å²) in [6, 6.07) is 3.52. The minimum atomic E-state index is -0.0297. The number of hydrogen-bond acceptors (Lipinski definition) is 2. The molecule has 0 amide bonds. The molecule has 0 aliphatic carbocycles. The van der Waals surface area contributed by atoms with E-state index in [0.717, 1.165) is 0 Å². The Kier molecular flexibility index (Phi) is 2.84. The summed E-state index contributed by atoms with van der Waals surface area (Å²) in [6.45, 7) is 1.05. The van der Waals surface area contributed by atoms with Crippen LogP contribution >= 0.6 is 15.9 Å². The summed E-state index contributed by atoms with van der Waals surface area (Å²) >= 11 is 3.14. The lowest BCUT2D eigenvalue weighted by Crippen LogP contribution is -2.23. The summed E-state index contributed by atoms with van der Waals surface area (Å²) in [5, 5.41) is 0. The van der Waals surface area contributed by atoms with Crippen molar-refractivity contribution in [2.45, 2.75) is 6.54 Å². The Hall–Kier alpha value is -0.610. The molecule has 1 aromatic rings. The zero-order valence-corrected chi connectivity index (χ0v) is 7.54. The summed E-state index contributed by atoms with van der Waals surface area (Å²) in [4.78, 5) is 11.2. The van der Waals surface area contributed by atoms with E-state index < -0.39 is 0 Å². The van der Waals surface area contributed by atoms with Gasteiger partial charge in [0, 0.05) is 19.3 Å². The lowest BCUT2D eigenvalue weighted by Gasteiger charge is -2.01. The monoisotopic (exact) mass is 216 g/mol. The van der Waals surface area contributed by atoms with Crippen molar-refractivity contribution in [3.63, 3.8) is 0 Å². The average Bonchev–Trinajstić information content (AvgIpc) is 1.99. The summed E-state index contributed by atoms with van der Waals surface area (Å²) in [6.07, 6.45) is 1.72. The van der Waals surface area contributed by atoms with E-state index in [1.54, 1.807) is 22.9 Å². The van der Waals surface area contributed by atoms with Crippen molar-refractivity contribution < 1.29 is 0 Å². The highest BCUT2D eigenvalue weighted by atomic mass is 79.9. The summed E-state index contributed by atoms with van der Waals surface area (Å²) in [7, 11) is 0. The number of rotatable bonds is 2. The summed E-state index contributed by atoms with van der Waals surface area (Å²) in [5.41, 5.74) is 5.27. The van der Waals surface area contributed by atoms with Gasteiger partial charge >= 0.3 is 0 Å². The molecule has 0 saturated heterocycles. The molecule has 0 fully saturated rings. The van der Waals surface area contributed by atoms with Gasteiger partial charge in [-0.1, -0.05) is 0 Å². The van der Waals surface area contributed by atoms with E-state index in [1.807, 2.05) is 0 Å². The maximum Gasteiger partial charge on any atom is 0.264 e. The van der Waals surface area contributed by atoms with Crippen LogP contribution in [0.15, 0.2) is 27.6 Å². The van der Waals surface area contributed by atoms with Gasteiger partial charge in [0.2, 0.25) is 0 Å². The minimum Gasteiger partial charge on any atom is -0.329 e. The quantitative estimate of drug-likeness (QED) is 0.787. The fraction of sp³-hybridized carbons (Fsp3) is 0.286. The largest absolute Gasteiger partial charge is 0.329 e. The van der Waals surface area contributed by atoms with Gasteiger partial charge in [-0.2, -0.15) is 0 Å². The molecule has 0 radical (unpaired) electrons. The highest BCUT2D eigenvalue weighted by molar-refractivity contribution is 9.10. The number of nitrogens with two attached hydrogens (primary N) is 1. The van der Waals surface area contributed by atoms with Crippen molar-refractivity contribution in [1.29, 1.82) is 0 Å². The SMILES string of the molecule is NCCn1cccc(Br)c1=O. The highest BCUT2D eigenvalue weighted by Gasteiger charge is 1.96. The van der Waals surface area contributed by atoms with E-state index >= 15 is 0 Å². The van der Waals surface area contributed by atoms with Crippen LogP contribution in [0.3, 0.4) is 0 Å². The van der Waals surface area contributed by atoms with Gasteiger partial charge in [0.1, 0.15) is 0 Å². The first kappa shape index (κ1) is 8.49. The van der Waals surface area contributed by atoms with Crippen LogP contribution in [0.4, 0.5) is 0 Å². The molecule has 0 atom stereocenters. The maximum absolute atomic E-state index is 11.2. The minimum absolute atomic E-state index is 0.0297. The van der Waals surface area contributed by atoms with E-state index in [4.69, 9.17) is 5.73 Å². The zero-order chi connectivity index (χ0) is 8.27. The Morgan fingerprint density at radius 3 is 3.00 bits per heavy atom. The van der Waals surface area contributed by atoms with E-state index in [1.165, 1.54) is 0 Å². The van der Waals surface area contributed by atoms with Crippen LogP contribution in [0.25, 0.3) is 0 Å². The van der Waals surface area contributed by atoms with Gasteiger partial charge in [0.15, 0.2) is 0 Å². The fourth-order valence-corrected chi connectivity index (χ4v) is 1.20. The predicted octanol–water partition coefficient (Wildman–Crippen LogP) is 0.569. The molecular weight excluding hydrogens is 208 g/mol. The van der Waals surface area contributed by atoms with Gasteiger partial charge < -0.3 is 10.3 Å². The fourth-order valence-electron chi connectivity index (χ4n) is 0.823. The molecule has 0 aliphatic heterocycles. The Bertz CT molecular complexity index is 295. The van der Waals surface area contributed by atoms with Gasteiger partial charge in [-0.25, -0.2) is 0 Å². The van der Waals surface area contributed by atoms with Crippen LogP contribution in [0, 0.1) is 0 Å². The van der Waals surface area contributed by atoms with E-state index in [0.29, 0.717) is 17.6 Å². The molecule has 4 heteroatoms. The molecule has 1 heterocycles. The van der Waals surface area contributed by atoms with Crippen LogP contribution in [0.5, 0.6) is 0 Å². The van der Waals surface area contributed by atoms with Crippen molar-refractivity contribution in [2.24, 2.45) is 5.73 Å². The Balaban J connectivity index is 3.07.